The first-order chi connectivity index (χ1) is 12.7. The Labute approximate surface area is 157 Å². The maximum Gasteiger partial charge on any atom is 0.198 e. The molecule has 128 valence electrons. The fourth-order valence-electron chi connectivity index (χ4n) is 4.04. The van der Waals surface area contributed by atoms with Crippen LogP contribution in [0.2, 0.25) is 5.02 Å². The lowest BCUT2D eigenvalue weighted by atomic mass is 9.93. The molecule has 0 saturated heterocycles. The number of ether oxygens (including phenoxy) is 1. The van der Waals surface area contributed by atoms with Gasteiger partial charge in [-0.15, -0.1) is 0 Å². The van der Waals surface area contributed by atoms with Crippen LogP contribution in [0.4, 0.5) is 0 Å². The molecule has 3 heteroatoms. The van der Waals surface area contributed by atoms with E-state index >= 15 is 0 Å². The molecule has 2 heterocycles. The summed E-state index contributed by atoms with van der Waals surface area (Å²) in [6.45, 7) is 2.70. The van der Waals surface area contributed by atoms with Crippen molar-refractivity contribution >= 4 is 22.5 Å². The standard InChI is InChI=1S/C23H18ClNO/c1-16-7-12-22-17(13-16)14-21-15-26-23(25(21)22,18-5-3-2-4-6-18)19-8-10-20(24)11-9-19/h2-14H,15H2,1H3. The zero-order valence-corrected chi connectivity index (χ0v) is 15.2. The Balaban J connectivity index is 1.86. The molecule has 0 amide bonds. The number of nitrogens with zero attached hydrogens (tertiary/aromatic N) is 1. The Kier molecular flexibility index (Phi) is 3.46. The zero-order chi connectivity index (χ0) is 17.7. The van der Waals surface area contributed by atoms with E-state index in [0.717, 1.165) is 16.1 Å². The van der Waals surface area contributed by atoms with Gasteiger partial charge in [0, 0.05) is 27.2 Å². The number of benzene rings is 3. The molecular weight excluding hydrogens is 342 g/mol. The van der Waals surface area contributed by atoms with Crippen LogP contribution in [0.5, 0.6) is 0 Å². The molecule has 1 aromatic heterocycles. The highest BCUT2D eigenvalue weighted by atomic mass is 35.5. The third-order valence-corrected chi connectivity index (χ3v) is 5.43. The summed E-state index contributed by atoms with van der Waals surface area (Å²) in [7, 11) is 0. The first-order valence-electron chi connectivity index (χ1n) is 8.75. The summed E-state index contributed by atoms with van der Waals surface area (Å²) in [5, 5.41) is 1.97. The van der Waals surface area contributed by atoms with Crippen LogP contribution in [0, 0.1) is 6.92 Å². The largest absolute Gasteiger partial charge is 0.341 e. The van der Waals surface area contributed by atoms with Crippen molar-refractivity contribution in [1.29, 1.82) is 0 Å². The van der Waals surface area contributed by atoms with E-state index in [9.17, 15) is 0 Å². The summed E-state index contributed by atoms with van der Waals surface area (Å²) in [4.78, 5) is 0. The van der Waals surface area contributed by atoms with Crippen LogP contribution in [0.25, 0.3) is 10.9 Å². The number of aryl methyl sites for hydroxylation is 1. The summed E-state index contributed by atoms with van der Waals surface area (Å²) in [6.07, 6.45) is 0. The van der Waals surface area contributed by atoms with Gasteiger partial charge in [0.1, 0.15) is 0 Å². The Hall–Kier alpha value is -2.55. The molecule has 0 radical (unpaired) electrons. The van der Waals surface area contributed by atoms with Gasteiger partial charge in [0.15, 0.2) is 5.72 Å². The van der Waals surface area contributed by atoms with E-state index in [-0.39, 0.29) is 0 Å². The first-order valence-corrected chi connectivity index (χ1v) is 9.13. The van der Waals surface area contributed by atoms with Crippen LogP contribution in [-0.2, 0) is 17.1 Å². The molecule has 1 atom stereocenters. The van der Waals surface area contributed by atoms with Crippen LogP contribution >= 0.6 is 11.6 Å². The molecule has 3 aromatic carbocycles. The third-order valence-electron chi connectivity index (χ3n) is 5.18. The van der Waals surface area contributed by atoms with Gasteiger partial charge < -0.3 is 9.30 Å². The van der Waals surface area contributed by atoms with E-state index in [1.165, 1.54) is 22.2 Å². The molecule has 26 heavy (non-hydrogen) atoms. The quantitative estimate of drug-likeness (QED) is 0.435. The Morgan fingerprint density at radius 1 is 0.885 bits per heavy atom. The fraction of sp³-hybridized carbons (Fsp3) is 0.130. The molecule has 5 rings (SSSR count). The van der Waals surface area contributed by atoms with E-state index in [4.69, 9.17) is 16.3 Å². The van der Waals surface area contributed by atoms with Crippen molar-refractivity contribution in [2.24, 2.45) is 0 Å². The summed E-state index contributed by atoms with van der Waals surface area (Å²) in [6, 6.07) is 27.2. The monoisotopic (exact) mass is 359 g/mol. The molecule has 0 aliphatic carbocycles. The Morgan fingerprint density at radius 3 is 2.38 bits per heavy atom. The number of aromatic nitrogens is 1. The van der Waals surface area contributed by atoms with Crippen molar-refractivity contribution in [3.05, 3.63) is 106 Å². The van der Waals surface area contributed by atoms with E-state index in [0.29, 0.717) is 6.61 Å². The smallest absolute Gasteiger partial charge is 0.198 e. The maximum atomic E-state index is 6.52. The van der Waals surface area contributed by atoms with Crippen LogP contribution in [0.3, 0.4) is 0 Å². The number of halogens is 1. The topological polar surface area (TPSA) is 14.2 Å². The normalized spacial score (nSPS) is 19.0. The summed E-state index contributed by atoms with van der Waals surface area (Å²) >= 11 is 6.15. The van der Waals surface area contributed by atoms with Crippen molar-refractivity contribution < 1.29 is 4.74 Å². The highest BCUT2D eigenvalue weighted by molar-refractivity contribution is 6.30. The van der Waals surface area contributed by atoms with Gasteiger partial charge in [0.2, 0.25) is 0 Å². The van der Waals surface area contributed by atoms with Gasteiger partial charge in [-0.05, 0) is 37.3 Å². The summed E-state index contributed by atoms with van der Waals surface area (Å²) in [5.41, 5.74) is 5.13. The molecule has 1 unspecified atom stereocenters. The molecule has 0 spiro atoms. The number of hydrogen-bond donors (Lipinski definition) is 0. The molecule has 0 N–H and O–H groups in total. The molecule has 0 saturated carbocycles. The molecule has 2 nitrogen and oxygen atoms in total. The number of fused-ring (bicyclic) bond motifs is 3. The van der Waals surface area contributed by atoms with E-state index in [2.05, 4.69) is 72.2 Å². The Bertz CT molecular complexity index is 1100. The molecule has 1 aliphatic rings. The van der Waals surface area contributed by atoms with Gasteiger partial charge >= 0.3 is 0 Å². The lowest BCUT2D eigenvalue weighted by Crippen LogP contribution is -2.34. The predicted octanol–water partition coefficient (Wildman–Crippen LogP) is 5.88. The first kappa shape index (κ1) is 15.7. The molecule has 0 fully saturated rings. The van der Waals surface area contributed by atoms with E-state index in [1.54, 1.807) is 0 Å². The molecule has 1 aliphatic heterocycles. The second kappa shape index (κ2) is 5.73. The minimum Gasteiger partial charge on any atom is -0.341 e. The number of hydrogen-bond acceptors (Lipinski definition) is 1. The minimum atomic E-state index is -0.682. The minimum absolute atomic E-state index is 0.575. The van der Waals surface area contributed by atoms with Crippen LogP contribution in [0.1, 0.15) is 22.4 Å². The lowest BCUT2D eigenvalue weighted by molar-refractivity contribution is -0.00981. The van der Waals surface area contributed by atoms with Gasteiger partial charge in [-0.1, -0.05) is 65.7 Å². The zero-order valence-electron chi connectivity index (χ0n) is 14.4. The summed E-state index contributed by atoms with van der Waals surface area (Å²) in [5.74, 6) is 0. The molecule has 0 bridgehead atoms. The predicted molar refractivity (Wildman–Crippen MR) is 106 cm³/mol. The highest BCUT2D eigenvalue weighted by Crippen LogP contribution is 2.45. The number of rotatable bonds is 2. The van der Waals surface area contributed by atoms with Crippen molar-refractivity contribution in [2.75, 3.05) is 0 Å². The van der Waals surface area contributed by atoms with Gasteiger partial charge in [0.05, 0.1) is 12.1 Å². The third kappa shape index (κ3) is 2.16. The van der Waals surface area contributed by atoms with Crippen molar-refractivity contribution in [3.8, 4) is 0 Å². The van der Waals surface area contributed by atoms with Gasteiger partial charge in [0.25, 0.3) is 0 Å². The SMILES string of the molecule is Cc1ccc2c(c1)cc1n2C(c2ccccc2)(c2ccc(Cl)cc2)OC1. The summed E-state index contributed by atoms with van der Waals surface area (Å²) < 4.78 is 8.85. The van der Waals surface area contributed by atoms with Crippen molar-refractivity contribution in [2.45, 2.75) is 19.3 Å². The van der Waals surface area contributed by atoms with Gasteiger partial charge in [-0.3, -0.25) is 0 Å². The van der Waals surface area contributed by atoms with Crippen LogP contribution in [0.15, 0.2) is 78.9 Å². The Morgan fingerprint density at radius 2 is 1.62 bits per heavy atom. The fourth-order valence-corrected chi connectivity index (χ4v) is 4.17. The van der Waals surface area contributed by atoms with E-state index < -0.39 is 5.72 Å². The highest BCUT2D eigenvalue weighted by Gasteiger charge is 2.44. The van der Waals surface area contributed by atoms with Crippen molar-refractivity contribution in [1.82, 2.24) is 4.57 Å². The van der Waals surface area contributed by atoms with Crippen LogP contribution in [-0.4, -0.2) is 4.57 Å². The molecular formula is C23H18ClNO. The van der Waals surface area contributed by atoms with Crippen molar-refractivity contribution in [3.63, 3.8) is 0 Å². The van der Waals surface area contributed by atoms with Crippen LogP contribution < -0.4 is 0 Å². The average Bonchev–Trinajstić information content (AvgIpc) is 3.20. The maximum absolute atomic E-state index is 6.52. The average molecular weight is 360 g/mol. The lowest BCUT2D eigenvalue weighted by Gasteiger charge is -2.33. The molecule has 4 aromatic rings. The van der Waals surface area contributed by atoms with Gasteiger partial charge in [-0.25, -0.2) is 0 Å². The van der Waals surface area contributed by atoms with E-state index in [1.807, 2.05) is 18.2 Å². The second-order valence-corrected chi connectivity index (χ2v) is 7.28. The second-order valence-electron chi connectivity index (χ2n) is 6.84. The van der Waals surface area contributed by atoms with Gasteiger partial charge in [-0.2, -0.15) is 0 Å².